The average Bonchev–Trinajstić information content (AvgIpc) is 3.56. The van der Waals surface area contributed by atoms with E-state index in [9.17, 15) is 9.59 Å². The molecule has 35 heavy (non-hydrogen) atoms. The number of rotatable bonds is 9. The summed E-state index contributed by atoms with van der Waals surface area (Å²) >= 11 is 0. The van der Waals surface area contributed by atoms with Gasteiger partial charge in [-0.3, -0.25) is 14.3 Å². The van der Waals surface area contributed by atoms with Gasteiger partial charge in [0.25, 0.3) is 14.1 Å². The van der Waals surface area contributed by atoms with Gasteiger partial charge in [0.15, 0.2) is 6.23 Å². The summed E-state index contributed by atoms with van der Waals surface area (Å²) in [6, 6.07) is 11.8. The predicted molar refractivity (Wildman–Crippen MR) is 129 cm³/mol. The molecule has 3 fully saturated rings. The molecule has 1 aromatic carbocycles. The third-order valence-corrected chi connectivity index (χ3v) is 8.53. The van der Waals surface area contributed by atoms with Gasteiger partial charge in [-0.25, -0.2) is 9.46 Å². The Labute approximate surface area is 205 Å². The number of fused-ring (bicyclic) bond motifs is 1. The second-order valence-electron chi connectivity index (χ2n) is 8.94. The summed E-state index contributed by atoms with van der Waals surface area (Å²) in [5, 5.41) is 0. The van der Waals surface area contributed by atoms with Crippen LogP contribution in [0.5, 0.6) is 0 Å². The molecule has 1 aromatic heterocycles. The van der Waals surface area contributed by atoms with Gasteiger partial charge in [-0.2, -0.15) is 0 Å². The van der Waals surface area contributed by atoms with E-state index in [2.05, 4.69) is 21.8 Å². The second-order valence-corrected chi connectivity index (χ2v) is 10.3. The number of nitrogens with zero attached hydrogens (tertiary/aromatic N) is 2. The molecule has 0 bridgehead atoms. The highest BCUT2D eigenvalue weighted by Crippen LogP contribution is 2.61. The highest BCUT2D eigenvalue weighted by Gasteiger charge is 2.53. The van der Waals surface area contributed by atoms with E-state index in [0.717, 1.165) is 24.9 Å². The van der Waals surface area contributed by atoms with E-state index in [1.54, 1.807) is 7.11 Å². The smallest absolute Gasteiger partial charge is 0.330 e. The van der Waals surface area contributed by atoms with Crippen LogP contribution in [0.15, 0.2) is 52.2 Å². The molecule has 4 heterocycles. The number of H-pyrrole nitrogens is 1. The molecule has 10 nitrogen and oxygen atoms in total. The van der Waals surface area contributed by atoms with Crippen LogP contribution in [-0.4, -0.2) is 65.4 Å². The molecule has 2 aromatic rings. The number of aromatic nitrogens is 2. The van der Waals surface area contributed by atoms with Crippen LogP contribution in [0.2, 0.25) is 0 Å². The Balaban J connectivity index is 1.41. The van der Waals surface area contributed by atoms with Gasteiger partial charge < -0.3 is 23.3 Å². The first-order valence-corrected chi connectivity index (χ1v) is 13.3. The largest absolute Gasteiger partial charge is 0.382 e. The zero-order chi connectivity index (χ0) is 24.4. The second kappa shape index (κ2) is 11.0. The van der Waals surface area contributed by atoms with Crippen LogP contribution in [-0.2, 0) is 23.3 Å². The van der Waals surface area contributed by atoms with Crippen molar-refractivity contribution < 1.29 is 23.3 Å². The van der Waals surface area contributed by atoms with Gasteiger partial charge in [-0.15, -0.1) is 0 Å². The van der Waals surface area contributed by atoms with Crippen molar-refractivity contribution in [2.24, 2.45) is 0 Å². The first-order valence-electron chi connectivity index (χ1n) is 12.1. The Morgan fingerprint density at radius 1 is 1.14 bits per heavy atom. The predicted octanol–water partition coefficient (Wildman–Crippen LogP) is 2.72. The van der Waals surface area contributed by atoms with Crippen molar-refractivity contribution in [2.75, 3.05) is 26.9 Å². The summed E-state index contributed by atoms with van der Waals surface area (Å²) in [6.07, 6.45) is 2.12. The molecule has 3 aliphatic heterocycles. The molecule has 0 radical (unpaired) electrons. The number of aromatic amines is 1. The van der Waals surface area contributed by atoms with Crippen molar-refractivity contribution in [3.63, 3.8) is 0 Å². The topological polar surface area (TPSA) is 104 Å². The molecule has 7 atom stereocenters. The van der Waals surface area contributed by atoms with Crippen LogP contribution >= 0.6 is 8.53 Å². The van der Waals surface area contributed by atoms with Gasteiger partial charge in [0.2, 0.25) is 0 Å². The normalized spacial score (nSPS) is 32.8. The summed E-state index contributed by atoms with van der Waals surface area (Å²) in [7, 11) is 0.264. The number of methoxy groups -OCH3 is 1. The number of nitrogens with one attached hydrogen (secondary N) is 1. The molecular weight excluding hydrogens is 473 g/mol. The Morgan fingerprint density at radius 2 is 1.97 bits per heavy atom. The molecular formula is C24H32N3O7P. The first-order chi connectivity index (χ1) is 17.1. The molecule has 0 saturated carbocycles. The van der Waals surface area contributed by atoms with Gasteiger partial charge in [0.05, 0.1) is 19.3 Å². The Hall–Kier alpha value is -1.91. The zero-order valence-electron chi connectivity index (χ0n) is 19.9. The van der Waals surface area contributed by atoms with Crippen molar-refractivity contribution >= 4 is 8.53 Å². The molecule has 3 aliphatic rings. The molecule has 0 amide bonds. The fourth-order valence-electron chi connectivity index (χ4n) is 5.09. The Bertz CT molecular complexity index is 1100. The molecule has 11 heteroatoms. The van der Waals surface area contributed by atoms with Crippen molar-refractivity contribution in [3.8, 4) is 0 Å². The monoisotopic (exact) mass is 505 g/mol. The number of ether oxygens (including phenoxy) is 3. The quantitative estimate of drug-likeness (QED) is 0.410. The SMILES string of the molecule is CC[C@H]1O[C@@H](n2ccc(=O)[nH]c2=O)[C@@H](OCCOC)C1OP1O[C@@H](c2ccccc2)[C@H]2CCCN21. The van der Waals surface area contributed by atoms with Gasteiger partial charge in [-0.1, -0.05) is 37.3 Å². The summed E-state index contributed by atoms with van der Waals surface area (Å²) in [5.41, 5.74) is 0.138. The van der Waals surface area contributed by atoms with Crippen molar-refractivity contribution in [3.05, 3.63) is 69.0 Å². The van der Waals surface area contributed by atoms with Crippen molar-refractivity contribution in [1.82, 2.24) is 14.2 Å². The maximum atomic E-state index is 12.6. The number of hydrogen-bond donors (Lipinski definition) is 1. The van der Waals surface area contributed by atoms with E-state index in [0.29, 0.717) is 19.6 Å². The first kappa shape index (κ1) is 24.8. The Morgan fingerprint density at radius 3 is 2.71 bits per heavy atom. The molecule has 3 saturated heterocycles. The van der Waals surface area contributed by atoms with Gasteiger partial charge in [-0.05, 0) is 24.8 Å². The summed E-state index contributed by atoms with van der Waals surface area (Å²) < 4.78 is 34.6. The summed E-state index contributed by atoms with van der Waals surface area (Å²) in [6.45, 7) is 3.64. The maximum absolute atomic E-state index is 12.6. The highest BCUT2D eigenvalue weighted by atomic mass is 31.2. The zero-order valence-corrected chi connectivity index (χ0v) is 20.8. The van der Waals surface area contributed by atoms with E-state index < -0.39 is 38.2 Å². The average molecular weight is 506 g/mol. The molecule has 2 unspecified atom stereocenters. The lowest BCUT2D eigenvalue weighted by Crippen LogP contribution is -2.40. The minimum Gasteiger partial charge on any atom is -0.382 e. The van der Waals surface area contributed by atoms with Gasteiger partial charge >= 0.3 is 5.69 Å². The standard InChI is InChI=1S/C24H32N3O7P/c1-3-18-21(22(31-15-14-30-2)23(32-18)26-13-11-19(28)25-24(26)29)34-35-27-12-7-10-17(27)20(33-35)16-8-5-4-6-9-16/h4-6,8-9,11,13,17-18,20-23H,3,7,10,12,14-15H2,1-2H3,(H,25,28,29)/t17-,18-,20+,21?,22+,23-,35?/m1/s1. The lowest BCUT2D eigenvalue weighted by Gasteiger charge is -2.29. The lowest BCUT2D eigenvalue weighted by atomic mass is 10.0. The van der Waals surface area contributed by atoms with Gasteiger partial charge in [0, 0.05) is 32.0 Å². The van der Waals surface area contributed by atoms with Crippen LogP contribution in [0.3, 0.4) is 0 Å². The molecule has 190 valence electrons. The minimum atomic E-state index is -1.34. The highest BCUT2D eigenvalue weighted by molar-refractivity contribution is 7.45. The summed E-state index contributed by atoms with van der Waals surface area (Å²) in [5.74, 6) is 0. The maximum Gasteiger partial charge on any atom is 0.330 e. The molecule has 5 rings (SSSR count). The van der Waals surface area contributed by atoms with Gasteiger partial charge in [0.1, 0.15) is 18.3 Å². The van der Waals surface area contributed by atoms with E-state index in [1.165, 1.54) is 16.8 Å². The van der Waals surface area contributed by atoms with E-state index in [1.807, 2.05) is 25.1 Å². The summed E-state index contributed by atoms with van der Waals surface area (Å²) in [4.78, 5) is 26.5. The van der Waals surface area contributed by atoms with Crippen molar-refractivity contribution in [1.29, 1.82) is 0 Å². The van der Waals surface area contributed by atoms with Crippen molar-refractivity contribution in [2.45, 2.75) is 62.9 Å². The van der Waals surface area contributed by atoms with Crippen LogP contribution in [0, 0.1) is 0 Å². The third-order valence-electron chi connectivity index (χ3n) is 6.78. The van der Waals surface area contributed by atoms with Crippen LogP contribution < -0.4 is 11.2 Å². The fourth-order valence-corrected chi connectivity index (χ4v) is 7.09. The van der Waals surface area contributed by atoms with E-state index >= 15 is 0 Å². The number of benzene rings is 1. The third kappa shape index (κ3) is 5.02. The Kier molecular flexibility index (Phi) is 7.79. The van der Waals surface area contributed by atoms with Crippen LogP contribution in [0.25, 0.3) is 0 Å². The fraction of sp³-hybridized carbons (Fsp3) is 0.583. The minimum absolute atomic E-state index is 0.0438. The lowest BCUT2D eigenvalue weighted by molar-refractivity contribution is -0.0782. The molecule has 0 spiro atoms. The molecule has 1 N–H and O–H groups in total. The number of hydrogen-bond acceptors (Lipinski definition) is 8. The van der Waals surface area contributed by atoms with Crippen LogP contribution in [0.1, 0.15) is 44.1 Å². The van der Waals surface area contributed by atoms with Crippen LogP contribution in [0.4, 0.5) is 0 Å². The van der Waals surface area contributed by atoms with E-state index in [-0.39, 0.29) is 18.2 Å². The molecule has 0 aliphatic carbocycles. The van der Waals surface area contributed by atoms with E-state index in [4.69, 9.17) is 23.3 Å².